The number of morpholine rings is 1. The van der Waals surface area contributed by atoms with Crippen molar-refractivity contribution in [1.82, 2.24) is 14.4 Å². The van der Waals surface area contributed by atoms with Gasteiger partial charge >= 0.3 is 0 Å². The van der Waals surface area contributed by atoms with Crippen molar-refractivity contribution in [3.8, 4) is 0 Å². The van der Waals surface area contributed by atoms with E-state index in [4.69, 9.17) is 4.74 Å². The number of aryl methyl sites for hydroxylation is 1. The van der Waals surface area contributed by atoms with Crippen LogP contribution in [0.2, 0.25) is 0 Å². The number of aromatic nitrogens is 1. The minimum atomic E-state index is -0.00881. The minimum absolute atomic E-state index is 0.00881. The van der Waals surface area contributed by atoms with Crippen molar-refractivity contribution in [2.45, 2.75) is 25.8 Å². The van der Waals surface area contributed by atoms with Gasteiger partial charge in [0.15, 0.2) is 0 Å². The second-order valence-electron chi connectivity index (χ2n) is 7.07. The van der Waals surface area contributed by atoms with Crippen LogP contribution in [0.15, 0.2) is 24.4 Å². The summed E-state index contributed by atoms with van der Waals surface area (Å²) in [6.45, 7) is 3.69. The molecule has 140 valence electrons. The number of rotatable bonds is 4. The van der Waals surface area contributed by atoms with Gasteiger partial charge in [-0.2, -0.15) is 0 Å². The molecule has 0 saturated carbocycles. The third kappa shape index (κ3) is 3.46. The van der Waals surface area contributed by atoms with E-state index < -0.39 is 0 Å². The van der Waals surface area contributed by atoms with Crippen molar-refractivity contribution in [3.63, 3.8) is 0 Å². The average Bonchev–Trinajstić information content (AvgIpc) is 2.96. The molecule has 1 aliphatic heterocycles. The Bertz CT molecular complexity index is 825. The number of carbonyl (C=O) groups is 2. The van der Waals surface area contributed by atoms with Crippen LogP contribution in [-0.4, -0.2) is 66.1 Å². The molecule has 2 amide bonds. The number of hydrogen-bond donors (Lipinski definition) is 0. The van der Waals surface area contributed by atoms with E-state index in [0.29, 0.717) is 31.7 Å². The molecule has 0 aliphatic carbocycles. The SMILES string of the molecule is CCC(=O)N1CCOC[C@@H]1Cc1cn(C)c2ccc(C(=O)N(C)C)cc12. The van der Waals surface area contributed by atoms with E-state index in [2.05, 4.69) is 10.8 Å². The predicted molar refractivity (Wildman–Crippen MR) is 101 cm³/mol. The van der Waals surface area contributed by atoms with Gasteiger partial charge in [0, 0.05) is 56.8 Å². The van der Waals surface area contributed by atoms with E-state index in [1.165, 1.54) is 0 Å². The highest BCUT2D eigenvalue weighted by molar-refractivity contribution is 5.98. The maximum absolute atomic E-state index is 12.3. The van der Waals surface area contributed by atoms with Crippen molar-refractivity contribution in [1.29, 1.82) is 0 Å². The average molecular weight is 357 g/mol. The Labute approximate surface area is 154 Å². The quantitative estimate of drug-likeness (QED) is 0.842. The minimum Gasteiger partial charge on any atom is -0.377 e. The summed E-state index contributed by atoms with van der Waals surface area (Å²) in [5.41, 5.74) is 2.90. The molecule has 1 fully saturated rings. The van der Waals surface area contributed by atoms with Gasteiger partial charge in [-0.3, -0.25) is 9.59 Å². The number of benzene rings is 1. The first-order valence-electron chi connectivity index (χ1n) is 9.09. The van der Waals surface area contributed by atoms with Gasteiger partial charge in [0.25, 0.3) is 5.91 Å². The number of amides is 2. The van der Waals surface area contributed by atoms with Crippen LogP contribution in [0.5, 0.6) is 0 Å². The van der Waals surface area contributed by atoms with Gasteiger partial charge in [0.1, 0.15) is 0 Å². The molecule has 0 unspecified atom stereocenters. The molecule has 1 aromatic carbocycles. The standard InChI is InChI=1S/C20H27N3O3/c1-5-19(24)23-8-9-26-13-16(23)10-15-12-22(4)18-7-6-14(11-17(15)18)20(25)21(2)3/h6-7,11-12,16H,5,8-10,13H2,1-4H3/t16-/m0/s1. The molecule has 26 heavy (non-hydrogen) atoms. The van der Waals surface area contributed by atoms with Crippen molar-refractivity contribution in [3.05, 3.63) is 35.5 Å². The summed E-state index contributed by atoms with van der Waals surface area (Å²) in [4.78, 5) is 28.1. The maximum Gasteiger partial charge on any atom is 0.253 e. The molecule has 6 nitrogen and oxygen atoms in total. The highest BCUT2D eigenvalue weighted by Crippen LogP contribution is 2.25. The zero-order chi connectivity index (χ0) is 18.8. The highest BCUT2D eigenvalue weighted by Gasteiger charge is 2.27. The number of ether oxygens (including phenoxy) is 1. The third-order valence-corrected chi connectivity index (χ3v) is 5.03. The Morgan fingerprint density at radius 1 is 1.31 bits per heavy atom. The number of hydrogen-bond acceptors (Lipinski definition) is 3. The van der Waals surface area contributed by atoms with E-state index >= 15 is 0 Å². The van der Waals surface area contributed by atoms with Gasteiger partial charge in [0.2, 0.25) is 5.91 Å². The van der Waals surface area contributed by atoms with E-state index in [-0.39, 0.29) is 17.9 Å². The maximum atomic E-state index is 12.3. The molecule has 1 aliphatic rings. The molecule has 0 radical (unpaired) electrons. The summed E-state index contributed by atoms with van der Waals surface area (Å²) >= 11 is 0. The lowest BCUT2D eigenvalue weighted by atomic mass is 10.0. The van der Waals surface area contributed by atoms with Crippen LogP contribution in [0, 0.1) is 0 Å². The summed E-state index contributed by atoms with van der Waals surface area (Å²) in [6, 6.07) is 5.85. The monoisotopic (exact) mass is 357 g/mol. The molecule has 6 heteroatoms. The number of carbonyl (C=O) groups excluding carboxylic acids is 2. The molecule has 2 aromatic rings. The molecule has 3 rings (SSSR count). The fraction of sp³-hybridized carbons (Fsp3) is 0.500. The van der Waals surface area contributed by atoms with Crippen LogP contribution in [0.3, 0.4) is 0 Å². The molecule has 0 spiro atoms. The molecular formula is C20H27N3O3. The highest BCUT2D eigenvalue weighted by atomic mass is 16.5. The molecule has 1 atom stereocenters. The Hall–Kier alpha value is -2.34. The zero-order valence-corrected chi connectivity index (χ0v) is 16.0. The zero-order valence-electron chi connectivity index (χ0n) is 16.0. The summed E-state index contributed by atoms with van der Waals surface area (Å²) in [5.74, 6) is 0.160. The summed E-state index contributed by atoms with van der Waals surface area (Å²) in [7, 11) is 5.52. The first-order chi connectivity index (χ1) is 12.4. The molecular weight excluding hydrogens is 330 g/mol. The summed E-state index contributed by atoms with van der Waals surface area (Å²) < 4.78 is 7.70. The number of nitrogens with zero attached hydrogens (tertiary/aromatic N) is 3. The van der Waals surface area contributed by atoms with Crippen LogP contribution >= 0.6 is 0 Å². The molecule has 1 saturated heterocycles. The fourth-order valence-electron chi connectivity index (χ4n) is 3.64. The van der Waals surface area contributed by atoms with Crippen LogP contribution in [0.1, 0.15) is 29.3 Å². The Morgan fingerprint density at radius 3 is 2.77 bits per heavy atom. The van der Waals surface area contributed by atoms with Gasteiger partial charge in [-0.05, 0) is 30.2 Å². The Kier molecular flexibility index (Phi) is 5.32. The summed E-state index contributed by atoms with van der Waals surface area (Å²) in [6.07, 6.45) is 3.33. The molecule has 0 N–H and O–H groups in total. The largest absolute Gasteiger partial charge is 0.377 e. The summed E-state index contributed by atoms with van der Waals surface area (Å²) in [5, 5.41) is 1.06. The lowest BCUT2D eigenvalue weighted by Gasteiger charge is -2.35. The van der Waals surface area contributed by atoms with Crippen LogP contribution in [0.25, 0.3) is 10.9 Å². The first-order valence-corrected chi connectivity index (χ1v) is 9.09. The topological polar surface area (TPSA) is 54.8 Å². The van der Waals surface area contributed by atoms with Crippen molar-refractivity contribution in [2.75, 3.05) is 33.9 Å². The first kappa shape index (κ1) is 18.5. The molecule has 2 heterocycles. The van der Waals surface area contributed by atoms with Crippen LogP contribution in [-0.2, 0) is 23.0 Å². The lowest BCUT2D eigenvalue weighted by molar-refractivity contribution is -0.139. The molecule has 0 bridgehead atoms. The van der Waals surface area contributed by atoms with Gasteiger partial charge < -0.3 is 19.1 Å². The molecule has 1 aromatic heterocycles. The van der Waals surface area contributed by atoms with Gasteiger partial charge in [-0.15, -0.1) is 0 Å². The predicted octanol–water partition coefficient (Wildman–Crippen LogP) is 2.06. The number of fused-ring (bicyclic) bond motifs is 1. The second-order valence-corrected chi connectivity index (χ2v) is 7.07. The van der Waals surface area contributed by atoms with Gasteiger partial charge in [-0.25, -0.2) is 0 Å². The third-order valence-electron chi connectivity index (χ3n) is 5.03. The van der Waals surface area contributed by atoms with E-state index in [1.807, 2.05) is 37.1 Å². The fourth-order valence-corrected chi connectivity index (χ4v) is 3.64. The van der Waals surface area contributed by atoms with E-state index in [9.17, 15) is 9.59 Å². The Morgan fingerprint density at radius 2 is 2.08 bits per heavy atom. The van der Waals surface area contributed by atoms with Crippen molar-refractivity contribution < 1.29 is 14.3 Å². The van der Waals surface area contributed by atoms with E-state index in [0.717, 1.165) is 22.9 Å². The smallest absolute Gasteiger partial charge is 0.253 e. The second kappa shape index (κ2) is 7.50. The van der Waals surface area contributed by atoms with Gasteiger partial charge in [0.05, 0.1) is 19.3 Å². The van der Waals surface area contributed by atoms with Gasteiger partial charge in [-0.1, -0.05) is 6.92 Å². The van der Waals surface area contributed by atoms with Crippen molar-refractivity contribution >= 4 is 22.7 Å². The Balaban J connectivity index is 1.95. The van der Waals surface area contributed by atoms with Crippen LogP contribution in [0.4, 0.5) is 0 Å². The van der Waals surface area contributed by atoms with E-state index in [1.54, 1.807) is 19.0 Å². The normalized spacial score (nSPS) is 17.5. The van der Waals surface area contributed by atoms with Crippen LogP contribution < -0.4 is 0 Å². The van der Waals surface area contributed by atoms with Crippen molar-refractivity contribution in [2.24, 2.45) is 7.05 Å². The lowest BCUT2D eigenvalue weighted by Crippen LogP contribution is -2.49.